The van der Waals surface area contributed by atoms with Gasteiger partial charge in [-0.2, -0.15) is 0 Å². The Bertz CT molecular complexity index is 142. The monoisotopic (exact) mass is 203 g/mol. The molecule has 0 saturated heterocycles. The van der Waals surface area contributed by atoms with Crippen LogP contribution < -0.4 is 5.73 Å². The van der Waals surface area contributed by atoms with Crippen LogP contribution in [0.25, 0.3) is 0 Å². The average Bonchev–Trinajstić information content (AvgIpc) is 2.15. The van der Waals surface area contributed by atoms with E-state index in [1.807, 2.05) is 0 Å². The van der Waals surface area contributed by atoms with Crippen molar-refractivity contribution in [2.24, 2.45) is 17.1 Å². The third kappa shape index (κ3) is 2.94. The Morgan fingerprint density at radius 3 is 2.29 bits per heavy atom. The number of nitrogens with two attached hydrogens (primary N) is 1. The summed E-state index contributed by atoms with van der Waals surface area (Å²) in [5.74, 6) is 0.421. The standard InChI is InChI=1S/C11H25NO2/c1-5-10(12)11(6-7-13,8-14-4)9(2)3/h9-10,13H,5-8,12H2,1-4H3. The molecule has 0 fully saturated rings. The summed E-state index contributed by atoms with van der Waals surface area (Å²) in [5, 5.41) is 9.11. The molecule has 0 amide bonds. The first-order valence-electron chi connectivity index (χ1n) is 5.40. The van der Waals surface area contributed by atoms with Gasteiger partial charge in [0.2, 0.25) is 0 Å². The summed E-state index contributed by atoms with van der Waals surface area (Å²) in [6, 6.07) is 0.0922. The van der Waals surface area contributed by atoms with Crippen LogP contribution in [0.1, 0.15) is 33.6 Å². The molecule has 0 rings (SSSR count). The minimum absolute atomic E-state index is 0.0851. The van der Waals surface area contributed by atoms with E-state index >= 15 is 0 Å². The van der Waals surface area contributed by atoms with Crippen molar-refractivity contribution < 1.29 is 9.84 Å². The maximum absolute atomic E-state index is 9.11. The lowest BCUT2D eigenvalue weighted by Crippen LogP contribution is -2.49. The largest absolute Gasteiger partial charge is 0.396 e. The topological polar surface area (TPSA) is 55.5 Å². The summed E-state index contributed by atoms with van der Waals surface area (Å²) in [7, 11) is 1.69. The fourth-order valence-corrected chi connectivity index (χ4v) is 2.13. The summed E-state index contributed by atoms with van der Waals surface area (Å²) in [5.41, 5.74) is 6.05. The van der Waals surface area contributed by atoms with Gasteiger partial charge in [-0.3, -0.25) is 0 Å². The van der Waals surface area contributed by atoms with Crippen LogP contribution in [0, 0.1) is 11.3 Å². The molecule has 0 saturated carbocycles. The first kappa shape index (κ1) is 13.9. The van der Waals surface area contributed by atoms with Crippen molar-refractivity contribution >= 4 is 0 Å². The number of aliphatic hydroxyl groups is 1. The van der Waals surface area contributed by atoms with E-state index in [9.17, 15) is 0 Å². The fraction of sp³-hybridized carbons (Fsp3) is 1.00. The smallest absolute Gasteiger partial charge is 0.0536 e. The zero-order valence-electron chi connectivity index (χ0n) is 9.92. The van der Waals surface area contributed by atoms with Crippen LogP contribution >= 0.6 is 0 Å². The lowest BCUT2D eigenvalue weighted by atomic mass is 9.69. The lowest BCUT2D eigenvalue weighted by molar-refractivity contribution is 0.000823. The Labute approximate surface area is 87.6 Å². The Hall–Kier alpha value is -0.120. The Morgan fingerprint density at radius 2 is 2.00 bits per heavy atom. The van der Waals surface area contributed by atoms with Crippen molar-refractivity contribution in [1.82, 2.24) is 0 Å². The van der Waals surface area contributed by atoms with Crippen LogP contribution in [-0.2, 0) is 4.74 Å². The summed E-state index contributed by atoms with van der Waals surface area (Å²) >= 11 is 0. The summed E-state index contributed by atoms with van der Waals surface area (Å²) in [4.78, 5) is 0. The highest BCUT2D eigenvalue weighted by Gasteiger charge is 2.38. The van der Waals surface area contributed by atoms with Crippen LogP contribution in [0.2, 0.25) is 0 Å². The zero-order chi connectivity index (χ0) is 11.2. The number of rotatable bonds is 7. The molecular weight excluding hydrogens is 178 g/mol. The van der Waals surface area contributed by atoms with Crippen LogP contribution in [0.5, 0.6) is 0 Å². The van der Waals surface area contributed by atoms with Gasteiger partial charge in [0, 0.05) is 25.2 Å². The molecule has 2 atom stereocenters. The summed E-state index contributed by atoms with van der Waals surface area (Å²) in [6.07, 6.45) is 1.63. The van der Waals surface area contributed by atoms with Gasteiger partial charge in [0.05, 0.1) is 6.61 Å². The van der Waals surface area contributed by atoms with E-state index in [0.29, 0.717) is 18.9 Å². The second-order valence-corrected chi connectivity index (χ2v) is 4.31. The van der Waals surface area contributed by atoms with Gasteiger partial charge in [-0.15, -0.1) is 0 Å². The minimum atomic E-state index is -0.0851. The SMILES string of the molecule is CCC(N)C(CCO)(COC)C(C)C. The summed E-state index contributed by atoms with van der Waals surface area (Å²) in [6.45, 7) is 7.17. The molecule has 0 aromatic rings. The zero-order valence-corrected chi connectivity index (χ0v) is 9.92. The van der Waals surface area contributed by atoms with Gasteiger partial charge in [0.15, 0.2) is 0 Å². The second-order valence-electron chi connectivity index (χ2n) is 4.31. The Balaban J connectivity index is 4.72. The van der Waals surface area contributed by atoms with E-state index in [2.05, 4.69) is 20.8 Å². The average molecular weight is 203 g/mol. The van der Waals surface area contributed by atoms with Crippen LogP contribution in [-0.4, -0.2) is 31.5 Å². The Morgan fingerprint density at radius 1 is 1.43 bits per heavy atom. The molecule has 3 N–H and O–H groups in total. The van der Waals surface area contributed by atoms with E-state index in [1.54, 1.807) is 7.11 Å². The predicted octanol–water partition coefficient (Wildman–Crippen LogP) is 1.39. The minimum Gasteiger partial charge on any atom is -0.396 e. The van der Waals surface area contributed by atoms with E-state index in [4.69, 9.17) is 15.6 Å². The number of methoxy groups -OCH3 is 1. The first-order chi connectivity index (χ1) is 6.55. The van der Waals surface area contributed by atoms with Crippen molar-refractivity contribution in [1.29, 1.82) is 0 Å². The molecular formula is C11H25NO2. The molecule has 86 valence electrons. The van der Waals surface area contributed by atoms with Crippen molar-refractivity contribution in [2.45, 2.75) is 39.7 Å². The van der Waals surface area contributed by atoms with Crippen LogP contribution in [0.3, 0.4) is 0 Å². The van der Waals surface area contributed by atoms with Crippen molar-refractivity contribution in [3.8, 4) is 0 Å². The molecule has 3 heteroatoms. The molecule has 3 nitrogen and oxygen atoms in total. The molecule has 0 heterocycles. The maximum atomic E-state index is 9.11. The molecule has 0 aliphatic rings. The Kier molecular flexibility index (Phi) is 6.33. The lowest BCUT2D eigenvalue weighted by Gasteiger charge is -2.41. The number of hydrogen-bond donors (Lipinski definition) is 2. The highest BCUT2D eigenvalue weighted by atomic mass is 16.5. The summed E-state index contributed by atoms with van der Waals surface area (Å²) < 4.78 is 5.25. The van der Waals surface area contributed by atoms with Gasteiger partial charge in [-0.25, -0.2) is 0 Å². The van der Waals surface area contributed by atoms with Gasteiger partial charge in [-0.1, -0.05) is 20.8 Å². The van der Waals surface area contributed by atoms with Crippen LogP contribution in [0.15, 0.2) is 0 Å². The molecule has 0 spiro atoms. The third-order valence-electron chi connectivity index (χ3n) is 3.32. The van der Waals surface area contributed by atoms with Crippen molar-refractivity contribution in [3.05, 3.63) is 0 Å². The molecule has 0 aromatic heterocycles. The molecule has 0 bridgehead atoms. The maximum Gasteiger partial charge on any atom is 0.0536 e. The van der Waals surface area contributed by atoms with E-state index < -0.39 is 0 Å². The van der Waals surface area contributed by atoms with Crippen molar-refractivity contribution in [2.75, 3.05) is 20.3 Å². The molecule has 0 aromatic carbocycles. The highest BCUT2D eigenvalue weighted by molar-refractivity contribution is 4.91. The highest BCUT2D eigenvalue weighted by Crippen LogP contribution is 2.35. The first-order valence-corrected chi connectivity index (χ1v) is 5.40. The normalized spacial score (nSPS) is 18.2. The van der Waals surface area contributed by atoms with E-state index in [0.717, 1.165) is 6.42 Å². The number of hydrogen-bond acceptors (Lipinski definition) is 3. The van der Waals surface area contributed by atoms with E-state index in [-0.39, 0.29) is 18.1 Å². The van der Waals surface area contributed by atoms with Gasteiger partial charge in [0.1, 0.15) is 0 Å². The predicted molar refractivity (Wildman–Crippen MR) is 59.1 cm³/mol. The van der Waals surface area contributed by atoms with Gasteiger partial charge in [-0.05, 0) is 18.8 Å². The van der Waals surface area contributed by atoms with Gasteiger partial charge in [0.25, 0.3) is 0 Å². The molecule has 2 unspecified atom stereocenters. The van der Waals surface area contributed by atoms with Gasteiger partial charge < -0.3 is 15.6 Å². The van der Waals surface area contributed by atoms with Crippen LogP contribution in [0.4, 0.5) is 0 Å². The number of aliphatic hydroxyl groups excluding tert-OH is 1. The second kappa shape index (κ2) is 6.38. The van der Waals surface area contributed by atoms with Gasteiger partial charge >= 0.3 is 0 Å². The molecule has 0 aliphatic heterocycles. The molecule has 0 aliphatic carbocycles. The van der Waals surface area contributed by atoms with Crippen molar-refractivity contribution in [3.63, 3.8) is 0 Å². The fourth-order valence-electron chi connectivity index (χ4n) is 2.13. The third-order valence-corrected chi connectivity index (χ3v) is 3.32. The molecule has 14 heavy (non-hydrogen) atoms. The quantitative estimate of drug-likeness (QED) is 0.657. The van der Waals surface area contributed by atoms with E-state index in [1.165, 1.54) is 0 Å². The molecule has 0 radical (unpaired) electrons. The number of ether oxygens (including phenoxy) is 1.